The number of carbonyl (C=O) groups is 1. The fraction of sp³-hybridized carbons (Fsp3) is 0.222. The first-order valence-corrected chi connectivity index (χ1v) is 9.93. The van der Waals surface area contributed by atoms with Gasteiger partial charge in [0.15, 0.2) is 0 Å². The van der Waals surface area contributed by atoms with Crippen LogP contribution in [0, 0.1) is 13.8 Å². The van der Waals surface area contributed by atoms with Crippen molar-refractivity contribution in [2.45, 2.75) is 20.4 Å². The molecule has 138 valence electrons. The summed E-state index contributed by atoms with van der Waals surface area (Å²) in [5.74, 6) is -0.493. The Labute approximate surface area is 161 Å². The van der Waals surface area contributed by atoms with Crippen molar-refractivity contribution in [1.82, 2.24) is 14.7 Å². The van der Waals surface area contributed by atoms with Gasteiger partial charge >= 0.3 is 10.8 Å². The number of pyridine rings is 1. The normalized spacial score (nSPS) is 11.2. The molecule has 27 heavy (non-hydrogen) atoms. The number of hydrogen-bond acceptors (Lipinski definition) is 8. The molecule has 0 amide bonds. The summed E-state index contributed by atoms with van der Waals surface area (Å²) in [6.07, 6.45) is 0. The number of rotatable bonds is 5. The molecule has 0 aromatic carbocycles. The number of aryl methyl sites for hydroxylation is 2. The molecule has 0 bridgehead atoms. The maximum absolute atomic E-state index is 12.7. The highest BCUT2D eigenvalue weighted by atomic mass is 32.1. The lowest BCUT2D eigenvalue weighted by Crippen LogP contribution is -2.19. The third kappa shape index (κ3) is 3.31. The second-order valence-electron chi connectivity index (χ2n) is 5.91. The largest absolute Gasteiger partial charge is 0.460 e. The molecule has 4 aromatic rings. The third-order valence-corrected chi connectivity index (χ3v) is 5.91. The van der Waals surface area contributed by atoms with Crippen molar-refractivity contribution in [3.8, 4) is 10.6 Å². The predicted octanol–water partition coefficient (Wildman–Crippen LogP) is 3.65. The first kappa shape index (κ1) is 17.6. The molecule has 0 aliphatic heterocycles. The maximum Gasteiger partial charge on any atom is 0.339 e. The number of esters is 1. The van der Waals surface area contributed by atoms with Gasteiger partial charge in [-0.25, -0.2) is 9.78 Å². The number of aromatic nitrogens is 3. The minimum Gasteiger partial charge on any atom is -0.460 e. The third-order valence-electron chi connectivity index (χ3n) is 4.14. The van der Waals surface area contributed by atoms with Crippen molar-refractivity contribution < 1.29 is 14.1 Å². The maximum atomic E-state index is 12.7. The van der Waals surface area contributed by atoms with E-state index in [1.807, 2.05) is 24.4 Å². The molecule has 0 aliphatic carbocycles. The number of carbonyl (C=O) groups excluding carboxylic acids is 1. The Morgan fingerprint density at radius 2 is 2.19 bits per heavy atom. The topological polar surface area (TPSA) is 87.2 Å². The lowest BCUT2D eigenvalue weighted by Gasteiger charge is -2.08. The van der Waals surface area contributed by atoms with Gasteiger partial charge in [-0.1, -0.05) is 22.6 Å². The lowest BCUT2D eigenvalue weighted by atomic mass is 10.1. The van der Waals surface area contributed by atoms with Crippen LogP contribution in [0.25, 0.3) is 21.7 Å². The van der Waals surface area contributed by atoms with Crippen molar-refractivity contribution in [2.75, 3.05) is 6.61 Å². The van der Waals surface area contributed by atoms with Gasteiger partial charge in [0.2, 0.25) is 0 Å². The molecule has 4 rings (SSSR count). The standard InChI is InChI=1S/C18H15N3O4S2/c1-10-9-27-18(23)21(10)5-6-24-17(22)12-8-13(14-4-3-7-26-14)19-16-15(12)11(2)20-25-16/h3-4,7-9H,5-6H2,1-2H3. The SMILES string of the molecule is Cc1noc2nc(-c3cccs3)cc(C(=O)OCCn3c(C)csc3=O)c12. The first-order chi connectivity index (χ1) is 13.0. The Balaban J connectivity index is 1.62. The van der Waals surface area contributed by atoms with E-state index >= 15 is 0 Å². The summed E-state index contributed by atoms with van der Waals surface area (Å²) in [5.41, 5.74) is 2.71. The van der Waals surface area contributed by atoms with Crippen LogP contribution >= 0.6 is 22.7 Å². The molecule has 0 saturated carbocycles. The average molecular weight is 401 g/mol. The van der Waals surface area contributed by atoms with Crippen LogP contribution in [0.5, 0.6) is 0 Å². The summed E-state index contributed by atoms with van der Waals surface area (Å²) in [6.45, 7) is 4.01. The number of nitrogens with zero attached hydrogens (tertiary/aromatic N) is 3. The summed E-state index contributed by atoms with van der Waals surface area (Å²) in [7, 11) is 0. The quantitative estimate of drug-likeness (QED) is 0.475. The summed E-state index contributed by atoms with van der Waals surface area (Å²) in [5, 5.41) is 8.18. The van der Waals surface area contributed by atoms with E-state index in [1.165, 1.54) is 11.3 Å². The van der Waals surface area contributed by atoms with Crippen molar-refractivity contribution in [3.05, 3.63) is 55.6 Å². The van der Waals surface area contributed by atoms with Gasteiger partial charge in [0, 0.05) is 11.1 Å². The van der Waals surface area contributed by atoms with E-state index in [9.17, 15) is 9.59 Å². The van der Waals surface area contributed by atoms with Gasteiger partial charge in [-0.3, -0.25) is 9.36 Å². The molecule has 4 aromatic heterocycles. The van der Waals surface area contributed by atoms with Crippen LogP contribution in [-0.2, 0) is 11.3 Å². The molecule has 0 radical (unpaired) electrons. The van der Waals surface area contributed by atoms with Crippen LogP contribution < -0.4 is 4.87 Å². The fourth-order valence-electron chi connectivity index (χ4n) is 2.79. The number of fused-ring (bicyclic) bond motifs is 1. The van der Waals surface area contributed by atoms with E-state index in [0.29, 0.717) is 34.6 Å². The van der Waals surface area contributed by atoms with E-state index < -0.39 is 5.97 Å². The van der Waals surface area contributed by atoms with Crippen molar-refractivity contribution in [2.24, 2.45) is 0 Å². The van der Waals surface area contributed by atoms with Gasteiger partial charge in [-0.15, -0.1) is 11.3 Å². The summed E-state index contributed by atoms with van der Waals surface area (Å²) in [4.78, 5) is 29.8. The molecule has 0 aliphatic rings. The molecular formula is C18H15N3O4S2. The molecule has 0 saturated heterocycles. The zero-order valence-electron chi connectivity index (χ0n) is 14.6. The molecule has 0 N–H and O–H groups in total. The average Bonchev–Trinajstić information content (AvgIpc) is 3.38. The van der Waals surface area contributed by atoms with E-state index in [0.717, 1.165) is 21.9 Å². The lowest BCUT2D eigenvalue weighted by molar-refractivity contribution is 0.0492. The van der Waals surface area contributed by atoms with Crippen LogP contribution in [0.3, 0.4) is 0 Å². The second-order valence-corrected chi connectivity index (χ2v) is 7.68. The Morgan fingerprint density at radius 1 is 1.33 bits per heavy atom. The minimum atomic E-state index is -0.493. The molecular weight excluding hydrogens is 386 g/mol. The first-order valence-electron chi connectivity index (χ1n) is 8.17. The number of thiophene rings is 1. The van der Waals surface area contributed by atoms with Crippen LogP contribution in [0.1, 0.15) is 21.7 Å². The van der Waals surface area contributed by atoms with Crippen molar-refractivity contribution in [1.29, 1.82) is 0 Å². The van der Waals surface area contributed by atoms with E-state index in [1.54, 1.807) is 22.9 Å². The van der Waals surface area contributed by atoms with Gasteiger partial charge in [-0.2, -0.15) is 0 Å². The highest BCUT2D eigenvalue weighted by Gasteiger charge is 2.20. The summed E-state index contributed by atoms with van der Waals surface area (Å²) < 4.78 is 12.3. The highest BCUT2D eigenvalue weighted by molar-refractivity contribution is 7.13. The monoisotopic (exact) mass is 401 g/mol. The molecule has 0 spiro atoms. The van der Waals surface area contributed by atoms with E-state index in [4.69, 9.17) is 9.26 Å². The Bertz CT molecular complexity index is 1170. The van der Waals surface area contributed by atoms with E-state index in [2.05, 4.69) is 10.1 Å². The van der Waals surface area contributed by atoms with Gasteiger partial charge in [0.05, 0.1) is 33.8 Å². The Kier molecular flexibility index (Phi) is 4.63. The molecule has 0 fully saturated rings. The summed E-state index contributed by atoms with van der Waals surface area (Å²) in [6, 6.07) is 5.53. The number of hydrogen-bond donors (Lipinski definition) is 0. The zero-order chi connectivity index (χ0) is 19.0. The Hall–Kier alpha value is -2.78. The highest BCUT2D eigenvalue weighted by Crippen LogP contribution is 2.29. The van der Waals surface area contributed by atoms with Crippen LogP contribution in [0.2, 0.25) is 0 Å². The summed E-state index contributed by atoms with van der Waals surface area (Å²) >= 11 is 2.65. The van der Waals surface area contributed by atoms with Gasteiger partial charge in [0.25, 0.3) is 5.71 Å². The molecule has 9 heteroatoms. The van der Waals surface area contributed by atoms with Crippen molar-refractivity contribution >= 4 is 39.7 Å². The fourth-order valence-corrected chi connectivity index (χ4v) is 4.24. The van der Waals surface area contributed by atoms with Crippen LogP contribution in [0.4, 0.5) is 0 Å². The number of ether oxygens (including phenoxy) is 1. The van der Waals surface area contributed by atoms with E-state index in [-0.39, 0.29) is 11.5 Å². The zero-order valence-corrected chi connectivity index (χ0v) is 16.2. The van der Waals surface area contributed by atoms with Gasteiger partial charge in [-0.05, 0) is 31.4 Å². The smallest absolute Gasteiger partial charge is 0.339 e. The molecule has 4 heterocycles. The van der Waals surface area contributed by atoms with Gasteiger partial charge < -0.3 is 9.26 Å². The number of thiazole rings is 1. The molecule has 7 nitrogen and oxygen atoms in total. The van der Waals surface area contributed by atoms with Crippen LogP contribution in [0.15, 0.2) is 38.3 Å². The van der Waals surface area contributed by atoms with Gasteiger partial charge in [0.1, 0.15) is 6.61 Å². The molecule has 0 atom stereocenters. The molecule has 0 unspecified atom stereocenters. The minimum absolute atomic E-state index is 0.0651. The van der Waals surface area contributed by atoms with Crippen LogP contribution in [-0.4, -0.2) is 27.3 Å². The second kappa shape index (κ2) is 7.09. The predicted molar refractivity (Wildman–Crippen MR) is 103 cm³/mol. The Morgan fingerprint density at radius 3 is 2.89 bits per heavy atom. The van der Waals surface area contributed by atoms with Crippen molar-refractivity contribution in [3.63, 3.8) is 0 Å².